The van der Waals surface area contributed by atoms with Gasteiger partial charge in [0.15, 0.2) is 0 Å². The fraction of sp³-hybridized carbons (Fsp3) is 0.600. The van der Waals surface area contributed by atoms with Gasteiger partial charge in [-0.3, -0.25) is 0 Å². The van der Waals surface area contributed by atoms with Gasteiger partial charge in [0.05, 0.1) is 0 Å². The van der Waals surface area contributed by atoms with E-state index in [1.165, 1.54) is 5.56 Å². The summed E-state index contributed by atoms with van der Waals surface area (Å²) in [6.07, 6.45) is 3.72. The molecule has 0 aromatic heterocycles. The van der Waals surface area contributed by atoms with Gasteiger partial charge in [-0.1, -0.05) is 13.8 Å². The summed E-state index contributed by atoms with van der Waals surface area (Å²) in [6, 6.07) is 2.02. The van der Waals surface area contributed by atoms with Crippen LogP contribution in [0.5, 0.6) is 11.5 Å². The zero-order valence-corrected chi connectivity index (χ0v) is 11.3. The molecule has 2 nitrogen and oxygen atoms in total. The van der Waals surface area contributed by atoms with Crippen LogP contribution in [0.25, 0.3) is 0 Å². The Hall–Kier alpha value is -1.18. The summed E-state index contributed by atoms with van der Waals surface area (Å²) in [5.41, 5.74) is 3.20. The second-order valence-corrected chi connectivity index (χ2v) is 5.41. The Morgan fingerprint density at radius 2 is 2.00 bits per heavy atom. The summed E-state index contributed by atoms with van der Waals surface area (Å²) in [5.74, 6) is 1.46. The number of hydrogen-bond donors (Lipinski definition) is 1. The zero-order chi connectivity index (χ0) is 12.6. The number of rotatable bonds is 2. The molecule has 2 heteroatoms. The lowest BCUT2D eigenvalue weighted by Gasteiger charge is -2.34. The largest absolute Gasteiger partial charge is 0.507 e. The van der Waals surface area contributed by atoms with E-state index in [4.69, 9.17) is 4.74 Å². The van der Waals surface area contributed by atoms with Crippen molar-refractivity contribution in [3.63, 3.8) is 0 Å². The minimum absolute atomic E-state index is 0.0833. The van der Waals surface area contributed by atoms with Crippen LogP contribution in [0.15, 0.2) is 6.07 Å². The van der Waals surface area contributed by atoms with Crippen molar-refractivity contribution in [1.82, 2.24) is 0 Å². The fourth-order valence-electron chi connectivity index (χ4n) is 2.59. The maximum Gasteiger partial charge on any atom is 0.124 e. The Labute approximate surface area is 104 Å². The van der Waals surface area contributed by atoms with Crippen molar-refractivity contribution in [3.8, 4) is 11.5 Å². The predicted octanol–water partition coefficient (Wildman–Crippen LogP) is 3.62. The van der Waals surface area contributed by atoms with Gasteiger partial charge in [0.1, 0.15) is 17.1 Å². The SMILES string of the molecule is CCc1cc2c(c(CC)c1O)CCC(C)(C)O2. The molecule has 1 aliphatic heterocycles. The Bertz CT molecular complexity index is 433. The molecule has 94 valence electrons. The van der Waals surface area contributed by atoms with E-state index in [1.807, 2.05) is 6.07 Å². The molecular weight excluding hydrogens is 212 g/mol. The summed E-state index contributed by atoms with van der Waals surface area (Å²) in [4.78, 5) is 0. The first kappa shape index (κ1) is 12.3. The number of hydrogen-bond acceptors (Lipinski definition) is 2. The number of aryl methyl sites for hydroxylation is 1. The summed E-state index contributed by atoms with van der Waals surface area (Å²) in [5, 5.41) is 10.2. The lowest BCUT2D eigenvalue weighted by atomic mass is 9.88. The minimum Gasteiger partial charge on any atom is -0.507 e. The van der Waals surface area contributed by atoms with E-state index in [-0.39, 0.29) is 5.60 Å². The van der Waals surface area contributed by atoms with Gasteiger partial charge in [0, 0.05) is 11.1 Å². The van der Waals surface area contributed by atoms with Crippen molar-refractivity contribution >= 4 is 0 Å². The van der Waals surface area contributed by atoms with Crippen molar-refractivity contribution in [3.05, 3.63) is 22.8 Å². The van der Waals surface area contributed by atoms with Crippen LogP contribution < -0.4 is 4.74 Å². The molecule has 1 aromatic carbocycles. The van der Waals surface area contributed by atoms with Gasteiger partial charge in [-0.25, -0.2) is 0 Å². The van der Waals surface area contributed by atoms with Crippen molar-refractivity contribution in [2.24, 2.45) is 0 Å². The Morgan fingerprint density at radius 3 is 2.59 bits per heavy atom. The topological polar surface area (TPSA) is 29.5 Å². The van der Waals surface area contributed by atoms with Gasteiger partial charge in [0.2, 0.25) is 0 Å². The summed E-state index contributed by atoms with van der Waals surface area (Å²) >= 11 is 0. The lowest BCUT2D eigenvalue weighted by molar-refractivity contribution is 0.0840. The molecule has 0 unspecified atom stereocenters. The molecule has 0 spiro atoms. The number of fused-ring (bicyclic) bond motifs is 1. The number of phenols is 1. The number of phenolic OH excluding ortho intramolecular Hbond substituents is 1. The molecule has 0 saturated heterocycles. The molecule has 1 heterocycles. The highest BCUT2D eigenvalue weighted by Gasteiger charge is 2.29. The van der Waals surface area contributed by atoms with Crippen molar-refractivity contribution in [2.75, 3.05) is 0 Å². The number of benzene rings is 1. The number of ether oxygens (including phenoxy) is 1. The van der Waals surface area contributed by atoms with E-state index >= 15 is 0 Å². The molecule has 17 heavy (non-hydrogen) atoms. The summed E-state index contributed by atoms with van der Waals surface area (Å²) in [6.45, 7) is 8.41. The van der Waals surface area contributed by atoms with Gasteiger partial charge in [0.25, 0.3) is 0 Å². The smallest absolute Gasteiger partial charge is 0.124 e. The monoisotopic (exact) mass is 234 g/mol. The Balaban J connectivity index is 2.56. The summed E-state index contributed by atoms with van der Waals surface area (Å²) in [7, 11) is 0. The third-order valence-corrected chi connectivity index (χ3v) is 3.65. The maximum atomic E-state index is 10.2. The molecule has 0 radical (unpaired) electrons. The normalized spacial score (nSPS) is 17.4. The van der Waals surface area contributed by atoms with E-state index in [2.05, 4.69) is 27.7 Å². The molecule has 1 aliphatic rings. The van der Waals surface area contributed by atoms with Crippen LogP contribution in [0.4, 0.5) is 0 Å². The van der Waals surface area contributed by atoms with E-state index < -0.39 is 0 Å². The second-order valence-electron chi connectivity index (χ2n) is 5.41. The average molecular weight is 234 g/mol. The molecule has 0 bridgehead atoms. The summed E-state index contributed by atoms with van der Waals surface area (Å²) < 4.78 is 6.05. The third kappa shape index (κ3) is 2.13. The lowest BCUT2D eigenvalue weighted by Crippen LogP contribution is -2.33. The predicted molar refractivity (Wildman–Crippen MR) is 69.9 cm³/mol. The van der Waals surface area contributed by atoms with Gasteiger partial charge in [-0.2, -0.15) is 0 Å². The van der Waals surface area contributed by atoms with Crippen molar-refractivity contribution in [2.45, 2.75) is 59.0 Å². The Kier molecular flexibility index (Phi) is 3.07. The highest BCUT2D eigenvalue weighted by molar-refractivity contribution is 5.54. The van der Waals surface area contributed by atoms with Gasteiger partial charge < -0.3 is 9.84 Å². The van der Waals surface area contributed by atoms with Crippen LogP contribution in [0.3, 0.4) is 0 Å². The maximum absolute atomic E-state index is 10.2. The van der Waals surface area contributed by atoms with Crippen LogP contribution in [0, 0.1) is 0 Å². The Morgan fingerprint density at radius 1 is 1.29 bits per heavy atom. The molecule has 1 N–H and O–H groups in total. The molecule has 2 rings (SSSR count). The molecule has 0 amide bonds. The molecule has 0 fully saturated rings. The van der Waals surface area contributed by atoms with Gasteiger partial charge in [-0.15, -0.1) is 0 Å². The van der Waals surface area contributed by atoms with E-state index in [9.17, 15) is 5.11 Å². The molecule has 0 saturated carbocycles. The van der Waals surface area contributed by atoms with Crippen LogP contribution in [-0.2, 0) is 19.3 Å². The first-order valence-corrected chi connectivity index (χ1v) is 6.54. The first-order chi connectivity index (χ1) is 7.98. The second kappa shape index (κ2) is 4.25. The van der Waals surface area contributed by atoms with Gasteiger partial charge >= 0.3 is 0 Å². The van der Waals surface area contributed by atoms with Crippen molar-refractivity contribution < 1.29 is 9.84 Å². The molecule has 1 aromatic rings. The first-order valence-electron chi connectivity index (χ1n) is 6.54. The molecular formula is C15H22O2. The number of aromatic hydroxyl groups is 1. The van der Waals surface area contributed by atoms with E-state index in [1.54, 1.807) is 0 Å². The molecule has 0 atom stereocenters. The zero-order valence-electron chi connectivity index (χ0n) is 11.3. The fourth-order valence-corrected chi connectivity index (χ4v) is 2.59. The van der Waals surface area contributed by atoms with Gasteiger partial charge in [-0.05, 0) is 51.2 Å². The van der Waals surface area contributed by atoms with E-state index in [0.29, 0.717) is 5.75 Å². The van der Waals surface area contributed by atoms with E-state index in [0.717, 1.165) is 42.6 Å². The average Bonchev–Trinajstić information content (AvgIpc) is 2.28. The van der Waals surface area contributed by atoms with Crippen LogP contribution in [0.1, 0.15) is 50.8 Å². The standard InChI is InChI=1S/C15H22O2/c1-5-10-9-13-12(11(6-2)14(10)16)7-8-15(3,4)17-13/h9,16H,5-8H2,1-4H3. The molecule has 0 aliphatic carbocycles. The van der Waals surface area contributed by atoms with Crippen LogP contribution in [0.2, 0.25) is 0 Å². The highest BCUT2D eigenvalue weighted by Crippen LogP contribution is 2.40. The van der Waals surface area contributed by atoms with Crippen LogP contribution in [-0.4, -0.2) is 10.7 Å². The highest BCUT2D eigenvalue weighted by atomic mass is 16.5. The van der Waals surface area contributed by atoms with Crippen LogP contribution >= 0.6 is 0 Å². The van der Waals surface area contributed by atoms with Crippen molar-refractivity contribution in [1.29, 1.82) is 0 Å². The quantitative estimate of drug-likeness (QED) is 0.847. The minimum atomic E-state index is -0.0833. The third-order valence-electron chi connectivity index (χ3n) is 3.65.